The predicted molar refractivity (Wildman–Crippen MR) is 356 cm³/mol. The number of para-hydroxylation sites is 4. The number of hydrogen-bond acceptors (Lipinski definition) is 6. The normalized spacial score (nSPS) is 11.3. The first-order chi connectivity index (χ1) is 40.1. The smallest absolute Gasteiger partial charge is 0.0888 e. The molecule has 398 valence electrons. The van der Waals surface area contributed by atoms with Gasteiger partial charge in [-0.1, -0.05) is 169 Å². The predicted octanol–water partition coefficient (Wildman–Crippen LogP) is 23.9. The van der Waals surface area contributed by atoms with Gasteiger partial charge in [0, 0.05) is 69.7 Å². The van der Waals surface area contributed by atoms with Crippen molar-refractivity contribution in [2.75, 3.05) is 19.6 Å². The number of aryl methyl sites for hydroxylation is 4. The molecular formula is C74H56Cl2N4S2. The zero-order chi connectivity index (χ0) is 55.8. The van der Waals surface area contributed by atoms with Crippen molar-refractivity contribution in [3.63, 3.8) is 0 Å². The zero-order valence-corrected chi connectivity index (χ0v) is 48.9. The van der Waals surface area contributed by atoms with Gasteiger partial charge in [0.15, 0.2) is 0 Å². The number of fused-ring (bicyclic) bond motifs is 2. The Bertz CT molecular complexity index is 4050. The highest BCUT2D eigenvalue weighted by Crippen LogP contribution is 2.52. The largest absolute Gasteiger partial charge is 0.310 e. The average Bonchev–Trinajstić information content (AvgIpc) is 4.17. The van der Waals surface area contributed by atoms with Gasteiger partial charge in [-0.05, 0) is 193 Å². The standard InChI is InChI=1S/C74H56Cl2N4S2/c1-49-19-15-20-50(2)73(49)79(64-31-17-29-62(47-64)77(58-25-7-5-8-26-58)60-39-35-53(36-40-60)70-43-55-23-11-13-33-68(55)81-70)66-45-57(75)46-67(72(66)76)80(74-51(3)21-16-22-52(74)4)65-32-18-30-63(48-65)78(59-27-9-6-10-28-59)61-41-37-54(38-42-61)71-44-56-24-12-14-34-69(56)82-71/h5-48H,1-4H3. The van der Waals surface area contributed by atoms with Crippen LogP contribution in [0.5, 0.6) is 0 Å². The summed E-state index contributed by atoms with van der Waals surface area (Å²) in [6, 6.07) is 95.1. The maximum absolute atomic E-state index is 8.19. The van der Waals surface area contributed by atoms with Crippen LogP contribution >= 0.6 is 45.9 Å². The van der Waals surface area contributed by atoms with Crippen LogP contribution in [0.4, 0.5) is 68.2 Å². The lowest BCUT2D eigenvalue weighted by atomic mass is 10.0. The van der Waals surface area contributed by atoms with Crippen molar-refractivity contribution >= 4 is 134 Å². The monoisotopic (exact) mass is 1130 g/mol. The van der Waals surface area contributed by atoms with Crippen LogP contribution in [0.25, 0.3) is 41.1 Å². The van der Waals surface area contributed by atoms with E-state index >= 15 is 0 Å². The number of benzene rings is 11. The third-order valence-corrected chi connectivity index (χ3v) is 18.1. The minimum Gasteiger partial charge on any atom is -0.310 e. The van der Waals surface area contributed by atoms with Crippen LogP contribution in [0.3, 0.4) is 0 Å². The van der Waals surface area contributed by atoms with E-state index in [-0.39, 0.29) is 0 Å². The molecule has 4 nitrogen and oxygen atoms in total. The van der Waals surface area contributed by atoms with Crippen LogP contribution in [0.2, 0.25) is 10.0 Å². The fourth-order valence-corrected chi connectivity index (χ4v) is 14.0. The van der Waals surface area contributed by atoms with Gasteiger partial charge in [-0.25, -0.2) is 0 Å². The summed E-state index contributed by atoms with van der Waals surface area (Å²) in [5.41, 5.74) is 18.2. The van der Waals surface area contributed by atoms with E-state index in [1.165, 1.54) is 41.1 Å². The van der Waals surface area contributed by atoms with E-state index in [0.717, 1.165) is 90.5 Å². The van der Waals surface area contributed by atoms with Crippen molar-refractivity contribution < 1.29 is 0 Å². The summed E-state index contributed by atoms with van der Waals surface area (Å²) >= 11 is 19.4. The first-order valence-corrected chi connectivity index (χ1v) is 29.8. The Morgan fingerprint density at radius 3 is 0.976 bits per heavy atom. The Kier molecular flexibility index (Phi) is 14.5. The summed E-state index contributed by atoms with van der Waals surface area (Å²) in [4.78, 5) is 11.7. The molecule has 0 amide bonds. The third kappa shape index (κ3) is 10.2. The minimum atomic E-state index is 0.541. The first-order valence-electron chi connectivity index (χ1n) is 27.4. The van der Waals surface area contributed by atoms with Crippen LogP contribution in [0, 0.1) is 27.7 Å². The number of halogens is 2. The summed E-state index contributed by atoms with van der Waals surface area (Å²) in [6.45, 7) is 8.66. The highest BCUT2D eigenvalue weighted by Gasteiger charge is 2.28. The molecule has 82 heavy (non-hydrogen) atoms. The van der Waals surface area contributed by atoms with Crippen LogP contribution in [0.15, 0.2) is 267 Å². The summed E-state index contributed by atoms with van der Waals surface area (Å²) < 4.78 is 2.56. The van der Waals surface area contributed by atoms with Crippen LogP contribution < -0.4 is 19.6 Å². The first kappa shape index (κ1) is 52.5. The molecule has 0 saturated carbocycles. The van der Waals surface area contributed by atoms with Gasteiger partial charge < -0.3 is 19.6 Å². The highest BCUT2D eigenvalue weighted by atomic mass is 35.5. The lowest BCUT2D eigenvalue weighted by Gasteiger charge is -2.35. The highest BCUT2D eigenvalue weighted by molar-refractivity contribution is 7.22. The van der Waals surface area contributed by atoms with Gasteiger partial charge in [-0.2, -0.15) is 0 Å². The molecule has 0 fully saturated rings. The molecule has 0 aliphatic heterocycles. The molecule has 2 heterocycles. The minimum absolute atomic E-state index is 0.541. The maximum Gasteiger partial charge on any atom is 0.0888 e. The second kappa shape index (κ2) is 22.6. The van der Waals surface area contributed by atoms with E-state index in [1.807, 2.05) is 34.8 Å². The van der Waals surface area contributed by atoms with Crippen molar-refractivity contribution in [3.05, 3.63) is 299 Å². The van der Waals surface area contributed by atoms with Crippen molar-refractivity contribution in [1.29, 1.82) is 0 Å². The fourth-order valence-electron chi connectivity index (χ4n) is 11.4. The number of rotatable bonds is 14. The molecule has 0 atom stereocenters. The topological polar surface area (TPSA) is 13.0 Å². The third-order valence-electron chi connectivity index (χ3n) is 15.2. The van der Waals surface area contributed by atoms with Crippen LogP contribution in [0.1, 0.15) is 22.3 Å². The van der Waals surface area contributed by atoms with Crippen LogP contribution in [-0.4, -0.2) is 0 Å². The summed E-state index contributed by atoms with van der Waals surface area (Å²) in [5.74, 6) is 0. The molecule has 0 unspecified atom stereocenters. The molecule has 11 aromatic carbocycles. The number of thiophene rings is 2. The Labute approximate surface area is 498 Å². The Morgan fingerprint density at radius 2 is 0.598 bits per heavy atom. The molecule has 13 rings (SSSR count). The zero-order valence-electron chi connectivity index (χ0n) is 45.8. The molecule has 0 saturated heterocycles. The quantitative estimate of drug-likeness (QED) is 0.108. The van der Waals surface area contributed by atoms with Crippen molar-refractivity contribution in [2.24, 2.45) is 0 Å². The van der Waals surface area contributed by atoms with E-state index < -0.39 is 0 Å². The van der Waals surface area contributed by atoms with Gasteiger partial charge >= 0.3 is 0 Å². The molecule has 0 aliphatic rings. The molecule has 13 aromatic rings. The van der Waals surface area contributed by atoms with Gasteiger partial charge in [0.05, 0.1) is 27.8 Å². The van der Waals surface area contributed by atoms with Gasteiger partial charge in [0.25, 0.3) is 0 Å². The molecule has 0 radical (unpaired) electrons. The fraction of sp³-hybridized carbons (Fsp3) is 0.0541. The van der Waals surface area contributed by atoms with Crippen molar-refractivity contribution in [3.8, 4) is 20.9 Å². The van der Waals surface area contributed by atoms with Gasteiger partial charge in [0.2, 0.25) is 0 Å². The molecule has 2 aromatic heterocycles. The van der Waals surface area contributed by atoms with Crippen molar-refractivity contribution in [2.45, 2.75) is 27.7 Å². The van der Waals surface area contributed by atoms with Crippen molar-refractivity contribution in [1.82, 2.24) is 0 Å². The Hall–Kier alpha value is -8.88. The van der Waals surface area contributed by atoms with Gasteiger partial charge in [0.1, 0.15) is 0 Å². The van der Waals surface area contributed by atoms with Gasteiger partial charge in [-0.3, -0.25) is 0 Å². The van der Waals surface area contributed by atoms with E-state index in [2.05, 4.69) is 302 Å². The molecular weight excluding hydrogens is 1080 g/mol. The van der Waals surface area contributed by atoms with Gasteiger partial charge in [-0.15, -0.1) is 22.7 Å². The van der Waals surface area contributed by atoms with E-state index in [4.69, 9.17) is 23.2 Å². The number of anilines is 12. The lowest BCUT2D eigenvalue weighted by Crippen LogP contribution is -2.18. The Balaban J connectivity index is 0.944. The molecule has 0 spiro atoms. The SMILES string of the molecule is Cc1cccc(C)c1N(c1cccc(N(c2ccccc2)c2ccc(-c3cc4ccccc4s3)cc2)c1)c1cc(Cl)cc(N(c2cccc(N(c3ccccc3)c3ccc(-c4cc5ccccc5s4)cc3)c2)c2c(C)cccc2C)c1Cl. The summed E-state index contributed by atoms with van der Waals surface area (Å²) in [5, 5.41) is 3.60. The second-order valence-corrected chi connectivity index (χ2v) is 23.7. The molecule has 0 aliphatic carbocycles. The lowest BCUT2D eigenvalue weighted by molar-refractivity contribution is 1.19. The number of nitrogens with zero attached hydrogens (tertiary/aromatic N) is 4. The molecule has 8 heteroatoms. The maximum atomic E-state index is 8.19. The second-order valence-electron chi connectivity index (χ2n) is 20.7. The summed E-state index contributed by atoms with van der Waals surface area (Å²) in [7, 11) is 0. The molecule has 0 N–H and O–H groups in total. The Morgan fingerprint density at radius 1 is 0.280 bits per heavy atom. The van der Waals surface area contributed by atoms with E-state index in [1.54, 1.807) is 0 Å². The van der Waals surface area contributed by atoms with Crippen LogP contribution in [-0.2, 0) is 0 Å². The van der Waals surface area contributed by atoms with E-state index in [9.17, 15) is 0 Å². The summed E-state index contributed by atoms with van der Waals surface area (Å²) in [6.07, 6.45) is 0. The average molecular weight is 1140 g/mol. The van der Waals surface area contributed by atoms with E-state index in [0.29, 0.717) is 10.0 Å². The molecule has 0 bridgehead atoms. The number of hydrogen-bond donors (Lipinski definition) is 0.